The first-order valence-corrected chi connectivity index (χ1v) is 6.42. The van der Waals surface area contributed by atoms with Crippen LogP contribution in [0.15, 0.2) is 12.1 Å². The highest BCUT2D eigenvalue weighted by molar-refractivity contribution is 5.82. The number of nitro groups is 2. The molecule has 1 aliphatic heterocycles. The quantitative estimate of drug-likeness (QED) is 0.622. The first-order valence-electron chi connectivity index (χ1n) is 6.42. The average Bonchev–Trinajstić information content (AvgIpc) is 2.45. The van der Waals surface area contributed by atoms with E-state index in [2.05, 4.69) is 0 Å². The number of halogens is 3. The van der Waals surface area contributed by atoms with Crippen LogP contribution in [-0.4, -0.2) is 28.7 Å². The van der Waals surface area contributed by atoms with Crippen molar-refractivity contribution in [2.75, 3.05) is 18.0 Å². The van der Waals surface area contributed by atoms with Crippen molar-refractivity contribution in [2.24, 2.45) is 0 Å². The molecule has 1 aliphatic rings. The van der Waals surface area contributed by atoms with E-state index in [0.29, 0.717) is 6.07 Å². The number of carbonyl (C=O) groups excluding carboxylic acids is 1. The summed E-state index contributed by atoms with van der Waals surface area (Å²) in [6, 6.07) is 0.778. The maximum absolute atomic E-state index is 13.2. The van der Waals surface area contributed by atoms with Crippen LogP contribution in [0.1, 0.15) is 18.4 Å². The van der Waals surface area contributed by atoms with E-state index in [9.17, 15) is 38.2 Å². The lowest BCUT2D eigenvalue weighted by Gasteiger charge is -2.29. The number of piperidine rings is 1. The van der Waals surface area contributed by atoms with E-state index in [0.717, 1.165) is 4.90 Å². The van der Waals surface area contributed by atoms with Gasteiger partial charge in [-0.1, -0.05) is 0 Å². The molecule has 1 aromatic rings. The second kappa shape index (κ2) is 5.82. The van der Waals surface area contributed by atoms with Gasteiger partial charge in [-0.2, -0.15) is 13.2 Å². The van der Waals surface area contributed by atoms with E-state index >= 15 is 0 Å². The summed E-state index contributed by atoms with van der Waals surface area (Å²) in [6.45, 7) is -0.221. The number of carbonyl (C=O) groups is 1. The minimum atomic E-state index is -5.01. The minimum Gasteiger partial charge on any atom is -0.365 e. The van der Waals surface area contributed by atoms with E-state index in [1.165, 1.54) is 0 Å². The SMILES string of the molecule is O=C1CCN(c2c([N+](=O)[O-])cc([N+](=O)[O-])cc2C(F)(F)F)CC1. The monoisotopic (exact) mass is 333 g/mol. The molecule has 23 heavy (non-hydrogen) atoms. The molecule has 0 atom stereocenters. The summed E-state index contributed by atoms with van der Waals surface area (Å²) < 4.78 is 39.7. The normalized spacial score (nSPS) is 15.6. The fourth-order valence-electron chi connectivity index (χ4n) is 2.38. The van der Waals surface area contributed by atoms with E-state index in [-0.39, 0.29) is 37.8 Å². The van der Waals surface area contributed by atoms with Crippen LogP contribution in [0.4, 0.5) is 30.2 Å². The molecular weight excluding hydrogens is 323 g/mol. The van der Waals surface area contributed by atoms with Gasteiger partial charge in [0, 0.05) is 32.0 Å². The Labute approximate surface area is 126 Å². The average molecular weight is 333 g/mol. The second-order valence-corrected chi connectivity index (χ2v) is 4.90. The van der Waals surface area contributed by atoms with E-state index < -0.39 is 38.6 Å². The van der Waals surface area contributed by atoms with E-state index in [1.54, 1.807) is 0 Å². The van der Waals surface area contributed by atoms with Gasteiger partial charge >= 0.3 is 6.18 Å². The number of rotatable bonds is 3. The number of hydrogen-bond donors (Lipinski definition) is 0. The highest BCUT2D eigenvalue weighted by Crippen LogP contribution is 2.44. The zero-order valence-electron chi connectivity index (χ0n) is 11.5. The van der Waals surface area contributed by atoms with Gasteiger partial charge in [0.2, 0.25) is 0 Å². The first-order chi connectivity index (χ1) is 10.6. The predicted molar refractivity (Wildman–Crippen MR) is 71.2 cm³/mol. The van der Waals surface area contributed by atoms with Crippen molar-refractivity contribution in [3.8, 4) is 0 Å². The number of nitrogens with zero attached hydrogens (tertiary/aromatic N) is 3. The molecule has 124 valence electrons. The fraction of sp³-hybridized carbons (Fsp3) is 0.417. The Kier molecular flexibility index (Phi) is 4.21. The molecule has 0 spiro atoms. The Morgan fingerprint density at radius 2 is 1.61 bits per heavy atom. The smallest absolute Gasteiger partial charge is 0.365 e. The van der Waals surface area contributed by atoms with Gasteiger partial charge in [-0.25, -0.2) is 0 Å². The molecule has 0 N–H and O–H groups in total. The Morgan fingerprint density at radius 1 is 1.04 bits per heavy atom. The van der Waals surface area contributed by atoms with Crippen molar-refractivity contribution in [3.05, 3.63) is 37.9 Å². The van der Waals surface area contributed by atoms with Crippen LogP contribution in [0.25, 0.3) is 0 Å². The van der Waals surface area contributed by atoms with Crippen LogP contribution in [-0.2, 0) is 11.0 Å². The summed E-state index contributed by atoms with van der Waals surface area (Å²) in [5.74, 6) is -0.153. The molecule has 1 aromatic carbocycles. The first kappa shape index (κ1) is 16.6. The minimum absolute atomic E-state index is 0.0363. The molecule has 0 unspecified atom stereocenters. The number of anilines is 1. The van der Waals surface area contributed by atoms with Crippen LogP contribution in [0.2, 0.25) is 0 Å². The van der Waals surface area contributed by atoms with Gasteiger partial charge < -0.3 is 4.90 Å². The molecule has 0 saturated carbocycles. The zero-order chi connectivity index (χ0) is 17.4. The van der Waals surface area contributed by atoms with Crippen molar-refractivity contribution in [3.63, 3.8) is 0 Å². The van der Waals surface area contributed by atoms with Crippen molar-refractivity contribution in [1.29, 1.82) is 0 Å². The Bertz CT molecular complexity index is 679. The summed E-state index contributed by atoms with van der Waals surface area (Å²) in [4.78, 5) is 31.9. The number of non-ortho nitro benzene ring substituents is 1. The largest absolute Gasteiger partial charge is 0.418 e. The molecule has 0 radical (unpaired) electrons. The standard InChI is InChI=1S/C12H10F3N3O5/c13-12(14,15)9-5-7(17(20)21)6-10(18(22)23)11(9)16-3-1-8(19)2-4-16/h5-6H,1-4H2. The van der Waals surface area contributed by atoms with Crippen LogP contribution < -0.4 is 4.90 Å². The van der Waals surface area contributed by atoms with E-state index in [1.807, 2.05) is 0 Å². The molecule has 2 rings (SSSR count). The zero-order valence-corrected chi connectivity index (χ0v) is 11.5. The number of hydrogen-bond acceptors (Lipinski definition) is 6. The van der Waals surface area contributed by atoms with Crippen molar-refractivity contribution >= 4 is 22.8 Å². The van der Waals surface area contributed by atoms with Gasteiger partial charge in [0.1, 0.15) is 11.5 Å². The third kappa shape index (κ3) is 3.38. The summed E-state index contributed by atoms with van der Waals surface area (Å²) in [7, 11) is 0. The highest BCUT2D eigenvalue weighted by atomic mass is 19.4. The molecular formula is C12H10F3N3O5. The van der Waals surface area contributed by atoms with Crippen LogP contribution in [0, 0.1) is 20.2 Å². The summed E-state index contributed by atoms with van der Waals surface area (Å²) in [5, 5.41) is 21.8. The Balaban J connectivity index is 2.68. The Hall–Kier alpha value is -2.72. The lowest BCUT2D eigenvalue weighted by molar-refractivity contribution is -0.394. The molecule has 0 aliphatic carbocycles. The third-order valence-corrected chi connectivity index (χ3v) is 3.42. The molecule has 1 saturated heterocycles. The summed E-state index contributed by atoms with van der Waals surface area (Å²) >= 11 is 0. The van der Waals surface area contributed by atoms with Gasteiger partial charge in [-0.3, -0.25) is 25.0 Å². The maximum Gasteiger partial charge on any atom is 0.418 e. The molecule has 1 heterocycles. The molecule has 8 nitrogen and oxygen atoms in total. The molecule has 0 amide bonds. The maximum atomic E-state index is 13.2. The fourth-order valence-corrected chi connectivity index (χ4v) is 2.38. The predicted octanol–water partition coefficient (Wildman–Crippen LogP) is 2.69. The molecule has 11 heteroatoms. The summed E-state index contributed by atoms with van der Waals surface area (Å²) in [6.07, 6.45) is -5.08. The van der Waals surface area contributed by atoms with Crippen LogP contribution in [0.5, 0.6) is 0 Å². The van der Waals surface area contributed by atoms with E-state index in [4.69, 9.17) is 0 Å². The van der Waals surface area contributed by atoms with Crippen LogP contribution >= 0.6 is 0 Å². The molecule has 1 fully saturated rings. The van der Waals surface area contributed by atoms with Crippen LogP contribution in [0.3, 0.4) is 0 Å². The van der Waals surface area contributed by atoms with Gasteiger partial charge in [0.15, 0.2) is 0 Å². The lowest BCUT2D eigenvalue weighted by atomic mass is 10.0. The van der Waals surface area contributed by atoms with Gasteiger partial charge in [0.05, 0.1) is 21.5 Å². The van der Waals surface area contributed by atoms with Gasteiger partial charge in [0.25, 0.3) is 11.4 Å². The number of ketones is 1. The Morgan fingerprint density at radius 3 is 2.04 bits per heavy atom. The number of Topliss-reactive ketones (excluding diaryl/α,β-unsaturated/α-hetero) is 1. The third-order valence-electron chi connectivity index (χ3n) is 3.42. The van der Waals surface area contributed by atoms with Crippen molar-refractivity contribution < 1.29 is 27.8 Å². The van der Waals surface area contributed by atoms with Gasteiger partial charge in [-0.15, -0.1) is 0 Å². The molecule has 0 bridgehead atoms. The number of alkyl halides is 3. The van der Waals surface area contributed by atoms with Gasteiger partial charge in [-0.05, 0) is 0 Å². The van der Waals surface area contributed by atoms with Crippen molar-refractivity contribution in [1.82, 2.24) is 0 Å². The van der Waals surface area contributed by atoms with Crippen molar-refractivity contribution in [2.45, 2.75) is 19.0 Å². The number of nitro benzene ring substituents is 2. The number of benzene rings is 1. The lowest BCUT2D eigenvalue weighted by Crippen LogP contribution is -2.35. The highest BCUT2D eigenvalue weighted by Gasteiger charge is 2.41. The second-order valence-electron chi connectivity index (χ2n) is 4.90. The molecule has 0 aromatic heterocycles. The topological polar surface area (TPSA) is 107 Å². The summed E-state index contributed by atoms with van der Waals surface area (Å²) in [5.41, 5.74) is -4.20.